The van der Waals surface area contributed by atoms with Crippen LogP contribution in [-0.2, 0) is 5.41 Å². The van der Waals surface area contributed by atoms with Crippen molar-refractivity contribution in [2.24, 2.45) is 0 Å². The monoisotopic (exact) mass is 663 g/mol. The molecule has 0 aliphatic heterocycles. The summed E-state index contributed by atoms with van der Waals surface area (Å²) >= 11 is 0. The Morgan fingerprint density at radius 2 is 0.981 bits per heavy atom. The molecule has 0 atom stereocenters. The smallest absolute Gasteiger partial charge is 0.0543 e. The van der Waals surface area contributed by atoms with E-state index in [4.69, 9.17) is 0 Å². The fourth-order valence-electron chi connectivity index (χ4n) is 8.70. The van der Waals surface area contributed by atoms with Gasteiger partial charge < -0.3 is 4.90 Å². The zero-order valence-corrected chi connectivity index (χ0v) is 29.3. The highest BCUT2D eigenvalue weighted by atomic mass is 15.1. The van der Waals surface area contributed by atoms with Crippen molar-refractivity contribution in [3.05, 3.63) is 199 Å². The van der Waals surface area contributed by atoms with E-state index in [1.807, 2.05) is 0 Å². The summed E-state index contributed by atoms with van der Waals surface area (Å²) in [6.45, 7) is 4.71. The van der Waals surface area contributed by atoms with Gasteiger partial charge in [0.25, 0.3) is 0 Å². The first-order valence-electron chi connectivity index (χ1n) is 18.2. The molecular formula is C51H37N. The topological polar surface area (TPSA) is 3.24 Å². The Kier molecular flexibility index (Phi) is 6.91. The Bertz CT molecular complexity index is 2810. The van der Waals surface area contributed by atoms with Crippen LogP contribution in [-0.4, -0.2) is 0 Å². The van der Waals surface area contributed by atoms with Crippen LogP contribution in [0.25, 0.3) is 65.7 Å². The third-order valence-corrected chi connectivity index (χ3v) is 11.3. The molecule has 1 aliphatic carbocycles. The molecule has 0 N–H and O–H groups in total. The molecule has 0 bridgehead atoms. The Labute approximate surface area is 305 Å². The van der Waals surface area contributed by atoms with E-state index in [1.165, 1.54) is 82.5 Å². The summed E-state index contributed by atoms with van der Waals surface area (Å²) in [7, 11) is 0. The van der Waals surface area contributed by atoms with E-state index in [-0.39, 0.29) is 5.41 Å². The van der Waals surface area contributed by atoms with E-state index in [0.29, 0.717) is 0 Å². The molecular weight excluding hydrogens is 627 g/mol. The highest BCUT2D eigenvalue weighted by Crippen LogP contribution is 2.54. The molecule has 0 saturated heterocycles. The van der Waals surface area contributed by atoms with Gasteiger partial charge in [0.05, 0.1) is 5.69 Å². The van der Waals surface area contributed by atoms with E-state index in [2.05, 4.69) is 207 Å². The van der Waals surface area contributed by atoms with Gasteiger partial charge in [-0.15, -0.1) is 0 Å². The van der Waals surface area contributed by atoms with Crippen molar-refractivity contribution in [3.8, 4) is 33.4 Å². The van der Waals surface area contributed by atoms with Crippen LogP contribution in [0.3, 0.4) is 0 Å². The second-order valence-corrected chi connectivity index (χ2v) is 14.5. The molecule has 0 heterocycles. The molecule has 10 rings (SSSR count). The molecule has 1 aliphatic rings. The molecule has 0 spiro atoms. The minimum atomic E-state index is -0.0891. The van der Waals surface area contributed by atoms with E-state index in [1.54, 1.807) is 0 Å². The normalized spacial score (nSPS) is 13.0. The van der Waals surface area contributed by atoms with Crippen LogP contribution in [0.2, 0.25) is 0 Å². The molecule has 1 heteroatoms. The number of hydrogen-bond donors (Lipinski definition) is 0. The molecule has 1 nitrogen and oxygen atoms in total. The van der Waals surface area contributed by atoms with E-state index < -0.39 is 0 Å². The fraction of sp³-hybridized carbons (Fsp3) is 0.0588. The van der Waals surface area contributed by atoms with Gasteiger partial charge in [-0.3, -0.25) is 0 Å². The van der Waals surface area contributed by atoms with Gasteiger partial charge in [0.15, 0.2) is 0 Å². The second kappa shape index (κ2) is 11.8. The molecule has 52 heavy (non-hydrogen) atoms. The van der Waals surface area contributed by atoms with E-state index in [0.717, 1.165) is 11.4 Å². The maximum atomic E-state index is 2.45. The molecule has 0 fully saturated rings. The Morgan fingerprint density at radius 1 is 0.365 bits per heavy atom. The maximum absolute atomic E-state index is 2.45. The minimum absolute atomic E-state index is 0.0891. The maximum Gasteiger partial charge on any atom is 0.0543 e. The average Bonchev–Trinajstić information content (AvgIpc) is 3.44. The highest BCUT2D eigenvalue weighted by Gasteiger charge is 2.37. The predicted molar refractivity (Wildman–Crippen MR) is 222 cm³/mol. The summed E-state index contributed by atoms with van der Waals surface area (Å²) in [4.78, 5) is 2.45. The van der Waals surface area contributed by atoms with Crippen molar-refractivity contribution >= 4 is 49.4 Å². The number of hydrogen-bond acceptors (Lipinski definition) is 1. The van der Waals surface area contributed by atoms with Crippen molar-refractivity contribution in [2.45, 2.75) is 19.3 Å². The number of rotatable bonds is 5. The lowest BCUT2D eigenvalue weighted by atomic mass is 9.82. The summed E-state index contributed by atoms with van der Waals surface area (Å²) < 4.78 is 0. The zero-order chi connectivity index (χ0) is 34.8. The first-order chi connectivity index (χ1) is 25.6. The van der Waals surface area contributed by atoms with Gasteiger partial charge in [-0.05, 0) is 102 Å². The minimum Gasteiger partial charge on any atom is -0.310 e. The quantitative estimate of drug-likeness (QED) is 0.166. The molecule has 246 valence electrons. The summed E-state index contributed by atoms with van der Waals surface area (Å²) in [5, 5.41) is 7.71. The van der Waals surface area contributed by atoms with Crippen molar-refractivity contribution < 1.29 is 0 Å². The van der Waals surface area contributed by atoms with Gasteiger partial charge in [0.1, 0.15) is 0 Å². The Hall–Kier alpha value is -6.44. The Morgan fingerprint density at radius 3 is 1.87 bits per heavy atom. The predicted octanol–water partition coefficient (Wildman–Crippen LogP) is 14.3. The standard InChI is InChI=1S/C51H37N/c1-51(2)47-22-9-8-19-46(47)50-48(51)23-12-24-49(50)52(39-17-10-16-37(33-39)34-13-4-3-5-14-34)38-28-25-36(26-29-38)41-20-11-21-42-43(41)31-32-44-40-18-7-6-15-35(40)27-30-45(42)44/h3-33H,1-2H3. The number of nitrogens with zero attached hydrogens (tertiary/aromatic N) is 1. The summed E-state index contributed by atoms with van der Waals surface area (Å²) in [6, 6.07) is 69.1. The lowest BCUT2D eigenvalue weighted by molar-refractivity contribution is 0.660. The van der Waals surface area contributed by atoms with Gasteiger partial charge in [-0.1, -0.05) is 172 Å². The van der Waals surface area contributed by atoms with Crippen LogP contribution in [0.5, 0.6) is 0 Å². The van der Waals surface area contributed by atoms with Crippen LogP contribution < -0.4 is 4.90 Å². The molecule has 0 unspecified atom stereocenters. The molecule has 9 aromatic carbocycles. The lowest BCUT2D eigenvalue weighted by Gasteiger charge is -2.29. The van der Waals surface area contributed by atoms with Gasteiger partial charge >= 0.3 is 0 Å². The van der Waals surface area contributed by atoms with Crippen molar-refractivity contribution in [3.63, 3.8) is 0 Å². The lowest BCUT2D eigenvalue weighted by Crippen LogP contribution is -2.16. The van der Waals surface area contributed by atoms with E-state index >= 15 is 0 Å². The summed E-state index contributed by atoms with van der Waals surface area (Å²) in [5.41, 5.74) is 13.6. The largest absolute Gasteiger partial charge is 0.310 e. The Balaban J connectivity index is 1.14. The van der Waals surface area contributed by atoms with Crippen LogP contribution >= 0.6 is 0 Å². The average molecular weight is 664 g/mol. The molecule has 0 radical (unpaired) electrons. The van der Waals surface area contributed by atoms with Crippen LogP contribution in [0.1, 0.15) is 25.0 Å². The first kappa shape index (κ1) is 30.4. The highest BCUT2D eigenvalue weighted by molar-refractivity contribution is 6.19. The third-order valence-electron chi connectivity index (χ3n) is 11.3. The number of fused-ring (bicyclic) bond motifs is 8. The van der Waals surface area contributed by atoms with Crippen LogP contribution in [0, 0.1) is 0 Å². The van der Waals surface area contributed by atoms with Crippen LogP contribution in [0.15, 0.2) is 188 Å². The van der Waals surface area contributed by atoms with Crippen molar-refractivity contribution in [2.75, 3.05) is 4.90 Å². The van der Waals surface area contributed by atoms with Gasteiger partial charge in [-0.25, -0.2) is 0 Å². The molecule has 0 amide bonds. The number of anilines is 3. The molecule has 0 aromatic heterocycles. The van der Waals surface area contributed by atoms with Gasteiger partial charge in [0.2, 0.25) is 0 Å². The molecule has 9 aromatic rings. The fourth-order valence-corrected chi connectivity index (χ4v) is 8.70. The van der Waals surface area contributed by atoms with Gasteiger partial charge in [0, 0.05) is 22.4 Å². The van der Waals surface area contributed by atoms with E-state index in [9.17, 15) is 0 Å². The van der Waals surface area contributed by atoms with Gasteiger partial charge in [-0.2, -0.15) is 0 Å². The van der Waals surface area contributed by atoms with Crippen molar-refractivity contribution in [1.29, 1.82) is 0 Å². The SMILES string of the molecule is CC1(C)c2ccccc2-c2c(N(c3ccc(-c4cccc5c4ccc4c6ccccc6ccc54)cc3)c3cccc(-c4ccccc4)c3)cccc21. The summed E-state index contributed by atoms with van der Waals surface area (Å²) in [5.74, 6) is 0. The van der Waals surface area contributed by atoms with Crippen LogP contribution in [0.4, 0.5) is 17.1 Å². The first-order valence-corrected chi connectivity index (χ1v) is 18.2. The zero-order valence-electron chi connectivity index (χ0n) is 29.3. The number of benzene rings is 9. The molecule has 0 saturated carbocycles. The van der Waals surface area contributed by atoms with Crippen molar-refractivity contribution in [1.82, 2.24) is 0 Å². The second-order valence-electron chi connectivity index (χ2n) is 14.5. The summed E-state index contributed by atoms with van der Waals surface area (Å²) in [6.07, 6.45) is 0. The third kappa shape index (κ3) is 4.70.